The van der Waals surface area contributed by atoms with Crippen molar-refractivity contribution in [3.05, 3.63) is 48.0 Å². The fourth-order valence-electron chi connectivity index (χ4n) is 1.62. The van der Waals surface area contributed by atoms with Crippen molar-refractivity contribution in [2.75, 3.05) is 27.1 Å². The van der Waals surface area contributed by atoms with Crippen molar-refractivity contribution >= 4 is 5.69 Å². The lowest BCUT2D eigenvalue weighted by Gasteiger charge is -2.07. The van der Waals surface area contributed by atoms with Gasteiger partial charge in [0.05, 0.1) is 21.3 Å². The van der Waals surface area contributed by atoms with Crippen LogP contribution < -0.4 is 25.7 Å². The Balaban J connectivity index is 0.000000219. The highest BCUT2D eigenvalue weighted by Crippen LogP contribution is 2.23. The number of hydrogen-bond acceptors (Lipinski definition) is 5. The van der Waals surface area contributed by atoms with Crippen LogP contribution in [0.3, 0.4) is 0 Å². The molecule has 0 saturated heterocycles. The van der Waals surface area contributed by atoms with Crippen LogP contribution in [0.5, 0.6) is 17.2 Å². The van der Waals surface area contributed by atoms with E-state index in [-0.39, 0.29) is 0 Å². The van der Waals surface area contributed by atoms with Gasteiger partial charge in [0, 0.05) is 23.9 Å². The summed E-state index contributed by atoms with van der Waals surface area (Å²) >= 11 is 0. The highest BCUT2D eigenvalue weighted by Gasteiger charge is 2.01. The number of ether oxygens (including phenoxy) is 3. The second-order valence-corrected chi connectivity index (χ2v) is 4.16. The molecule has 0 bridgehead atoms. The zero-order valence-electron chi connectivity index (χ0n) is 12.6. The van der Waals surface area contributed by atoms with Gasteiger partial charge in [-0.2, -0.15) is 0 Å². The lowest BCUT2D eigenvalue weighted by atomic mass is 10.2. The topological polar surface area (TPSA) is 79.7 Å². The van der Waals surface area contributed by atoms with E-state index in [1.54, 1.807) is 33.5 Å². The van der Waals surface area contributed by atoms with Crippen LogP contribution in [0.25, 0.3) is 0 Å². The van der Waals surface area contributed by atoms with Crippen LogP contribution in [0.1, 0.15) is 5.56 Å². The monoisotopic (exact) mass is 290 g/mol. The lowest BCUT2D eigenvalue weighted by Crippen LogP contribution is -1.99. The van der Waals surface area contributed by atoms with Crippen molar-refractivity contribution in [1.29, 1.82) is 0 Å². The SMILES string of the molecule is COc1ccc(CN)c(OC)c1.COc1ccc(N)cc1. The van der Waals surface area contributed by atoms with Crippen LogP contribution in [0.15, 0.2) is 42.5 Å². The van der Waals surface area contributed by atoms with Crippen LogP contribution in [-0.4, -0.2) is 21.3 Å². The maximum Gasteiger partial charge on any atom is 0.127 e. The van der Waals surface area contributed by atoms with E-state index in [1.165, 1.54) is 0 Å². The molecule has 0 spiro atoms. The number of nitrogens with two attached hydrogens (primary N) is 2. The average Bonchev–Trinajstić information content (AvgIpc) is 2.55. The summed E-state index contributed by atoms with van der Waals surface area (Å²) in [7, 11) is 4.87. The molecular formula is C16H22N2O3. The predicted molar refractivity (Wildman–Crippen MR) is 84.8 cm³/mol. The molecule has 0 aromatic heterocycles. The molecule has 4 N–H and O–H groups in total. The molecule has 0 aliphatic carbocycles. The molecule has 0 saturated carbocycles. The average molecular weight is 290 g/mol. The van der Waals surface area contributed by atoms with Gasteiger partial charge in [-0.05, 0) is 30.3 Å². The van der Waals surface area contributed by atoms with Gasteiger partial charge < -0.3 is 25.7 Å². The molecule has 2 rings (SSSR count). The Bertz CT molecular complexity index is 542. The molecule has 0 amide bonds. The summed E-state index contributed by atoms with van der Waals surface area (Å²) in [5.74, 6) is 2.39. The minimum Gasteiger partial charge on any atom is -0.497 e. The molecule has 0 aliphatic rings. The largest absolute Gasteiger partial charge is 0.497 e. The Labute approximate surface area is 125 Å². The highest BCUT2D eigenvalue weighted by molar-refractivity contribution is 5.41. The first-order valence-corrected chi connectivity index (χ1v) is 6.45. The summed E-state index contributed by atoms with van der Waals surface area (Å²) in [4.78, 5) is 0. The summed E-state index contributed by atoms with van der Waals surface area (Å²) in [6.07, 6.45) is 0. The minimum atomic E-state index is 0.479. The van der Waals surface area contributed by atoms with Crippen molar-refractivity contribution < 1.29 is 14.2 Å². The highest BCUT2D eigenvalue weighted by atomic mass is 16.5. The van der Waals surface area contributed by atoms with Crippen molar-refractivity contribution in [3.63, 3.8) is 0 Å². The Morgan fingerprint density at radius 2 is 1.38 bits per heavy atom. The summed E-state index contributed by atoms with van der Waals surface area (Å²) in [6.45, 7) is 0.479. The van der Waals surface area contributed by atoms with Crippen LogP contribution >= 0.6 is 0 Å². The molecule has 2 aromatic carbocycles. The van der Waals surface area contributed by atoms with Gasteiger partial charge in [0.25, 0.3) is 0 Å². The molecule has 0 aliphatic heterocycles. The molecule has 0 unspecified atom stereocenters. The summed E-state index contributed by atoms with van der Waals surface area (Å²) in [5.41, 5.74) is 12.7. The van der Waals surface area contributed by atoms with E-state index in [2.05, 4.69) is 0 Å². The van der Waals surface area contributed by atoms with Gasteiger partial charge in [-0.1, -0.05) is 6.07 Å². The summed E-state index contributed by atoms with van der Waals surface area (Å²) < 4.78 is 15.1. The zero-order valence-corrected chi connectivity index (χ0v) is 12.6. The molecule has 5 heteroatoms. The lowest BCUT2D eigenvalue weighted by molar-refractivity contribution is 0.391. The Kier molecular flexibility index (Phi) is 6.91. The van der Waals surface area contributed by atoms with Crippen LogP contribution in [-0.2, 0) is 6.54 Å². The zero-order chi connectivity index (χ0) is 15.7. The van der Waals surface area contributed by atoms with Crippen molar-refractivity contribution in [3.8, 4) is 17.2 Å². The van der Waals surface area contributed by atoms with Crippen LogP contribution in [0.2, 0.25) is 0 Å². The van der Waals surface area contributed by atoms with E-state index in [4.69, 9.17) is 25.7 Å². The van der Waals surface area contributed by atoms with E-state index in [0.29, 0.717) is 6.54 Å². The number of benzene rings is 2. The maximum absolute atomic E-state index is 5.50. The van der Waals surface area contributed by atoms with Crippen molar-refractivity contribution in [1.82, 2.24) is 0 Å². The molecule has 114 valence electrons. The molecule has 0 radical (unpaired) electrons. The third-order valence-corrected chi connectivity index (χ3v) is 2.83. The second kappa shape index (κ2) is 8.71. The standard InChI is InChI=1S/C9H13NO2.C7H9NO/c1-11-8-4-3-7(6-10)9(5-8)12-2;1-9-7-4-2-6(8)3-5-7/h3-5H,6,10H2,1-2H3;2-5H,8H2,1H3. The predicted octanol–water partition coefficient (Wildman–Crippen LogP) is 2.44. The third-order valence-electron chi connectivity index (χ3n) is 2.83. The van der Waals surface area contributed by atoms with Gasteiger partial charge in [0.1, 0.15) is 17.2 Å². The fraction of sp³-hybridized carbons (Fsp3) is 0.250. The number of rotatable bonds is 4. The molecule has 21 heavy (non-hydrogen) atoms. The smallest absolute Gasteiger partial charge is 0.127 e. The van der Waals surface area contributed by atoms with Crippen LogP contribution in [0.4, 0.5) is 5.69 Å². The van der Waals surface area contributed by atoms with Gasteiger partial charge in [0.2, 0.25) is 0 Å². The van der Waals surface area contributed by atoms with E-state index in [9.17, 15) is 0 Å². The molecular weight excluding hydrogens is 268 g/mol. The third kappa shape index (κ3) is 5.24. The van der Waals surface area contributed by atoms with Crippen LogP contribution in [0, 0.1) is 0 Å². The second-order valence-electron chi connectivity index (χ2n) is 4.16. The Hall–Kier alpha value is -2.40. The first kappa shape index (κ1) is 16.7. The van der Waals surface area contributed by atoms with E-state index in [0.717, 1.165) is 28.5 Å². The number of methoxy groups -OCH3 is 3. The normalized spacial score (nSPS) is 9.33. The quantitative estimate of drug-likeness (QED) is 0.845. The first-order valence-electron chi connectivity index (χ1n) is 6.45. The molecule has 5 nitrogen and oxygen atoms in total. The van der Waals surface area contributed by atoms with Gasteiger partial charge in [-0.3, -0.25) is 0 Å². The Morgan fingerprint density at radius 1 is 0.810 bits per heavy atom. The fourth-order valence-corrected chi connectivity index (χ4v) is 1.62. The van der Waals surface area contributed by atoms with E-state index >= 15 is 0 Å². The molecule has 2 aromatic rings. The Morgan fingerprint density at radius 3 is 1.86 bits per heavy atom. The van der Waals surface area contributed by atoms with Crippen molar-refractivity contribution in [2.24, 2.45) is 5.73 Å². The number of nitrogen functional groups attached to an aromatic ring is 1. The minimum absolute atomic E-state index is 0.479. The van der Waals surface area contributed by atoms with Gasteiger partial charge >= 0.3 is 0 Å². The molecule has 0 fully saturated rings. The van der Waals surface area contributed by atoms with Gasteiger partial charge in [-0.15, -0.1) is 0 Å². The molecule has 0 heterocycles. The van der Waals surface area contributed by atoms with Crippen molar-refractivity contribution in [2.45, 2.75) is 6.54 Å². The summed E-state index contributed by atoms with van der Waals surface area (Å²) in [6, 6.07) is 12.9. The maximum atomic E-state index is 5.50. The van der Waals surface area contributed by atoms with E-state index < -0.39 is 0 Å². The van der Waals surface area contributed by atoms with Gasteiger partial charge in [-0.25, -0.2) is 0 Å². The summed E-state index contributed by atoms with van der Waals surface area (Å²) in [5, 5.41) is 0. The van der Waals surface area contributed by atoms with Gasteiger partial charge in [0.15, 0.2) is 0 Å². The first-order chi connectivity index (χ1) is 10.1. The molecule has 0 atom stereocenters. The number of hydrogen-bond donors (Lipinski definition) is 2. The van der Waals surface area contributed by atoms with E-state index in [1.807, 2.05) is 30.3 Å². The number of anilines is 1.